The van der Waals surface area contributed by atoms with Crippen LogP contribution in [0.15, 0.2) is 48.5 Å². The van der Waals surface area contributed by atoms with E-state index in [1.54, 1.807) is 38.1 Å². The molecule has 0 unspecified atom stereocenters. The lowest BCUT2D eigenvalue weighted by Crippen LogP contribution is -2.36. The fourth-order valence-corrected chi connectivity index (χ4v) is 2.94. The monoisotopic (exact) mass is 395 g/mol. The van der Waals surface area contributed by atoms with Gasteiger partial charge < -0.3 is 15.4 Å². The smallest absolute Gasteiger partial charge is 0.410 e. The van der Waals surface area contributed by atoms with Gasteiger partial charge in [0.25, 0.3) is 17.7 Å². The van der Waals surface area contributed by atoms with E-state index < -0.39 is 17.9 Å². The van der Waals surface area contributed by atoms with Crippen LogP contribution in [0.3, 0.4) is 0 Å². The van der Waals surface area contributed by atoms with Crippen molar-refractivity contribution in [3.05, 3.63) is 65.2 Å². The van der Waals surface area contributed by atoms with E-state index in [2.05, 4.69) is 10.6 Å². The van der Waals surface area contributed by atoms with Gasteiger partial charge in [-0.15, -0.1) is 0 Å². The van der Waals surface area contributed by atoms with Gasteiger partial charge in [0.05, 0.1) is 11.1 Å². The van der Waals surface area contributed by atoms with Crippen LogP contribution in [0.5, 0.6) is 5.75 Å². The maximum Gasteiger partial charge on any atom is 0.412 e. The number of nitrogens with one attached hydrogen (secondary N) is 2. The van der Waals surface area contributed by atoms with Crippen LogP contribution in [0.1, 0.15) is 44.9 Å². The largest absolute Gasteiger partial charge is 0.412 e. The molecule has 0 bridgehead atoms. The molecule has 0 radical (unpaired) electrons. The summed E-state index contributed by atoms with van der Waals surface area (Å²) in [5.41, 5.74) is 0.786. The van der Waals surface area contributed by atoms with Gasteiger partial charge >= 0.3 is 6.09 Å². The Bertz CT molecular complexity index is 956. The number of hydrogen-bond acceptors (Lipinski definition) is 5. The molecule has 0 saturated carbocycles. The zero-order valence-electron chi connectivity index (χ0n) is 16.1. The maximum atomic E-state index is 12.4. The van der Waals surface area contributed by atoms with E-state index in [0.717, 1.165) is 0 Å². The van der Waals surface area contributed by atoms with Gasteiger partial charge in [0.1, 0.15) is 5.75 Å². The number of ether oxygens (including phenoxy) is 1. The van der Waals surface area contributed by atoms with Crippen LogP contribution in [0.25, 0.3) is 0 Å². The molecule has 1 heterocycles. The number of para-hydroxylation sites is 1. The highest BCUT2D eigenvalue weighted by atomic mass is 16.6. The number of fused-ring (bicyclic) bond motifs is 1. The van der Waals surface area contributed by atoms with Gasteiger partial charge in [0.15, 0.2) is 0 Å². The Morgan fingerprint density at radius 1 is 0.931 bits per heavy atom. The molecule has 0 spiro atoms. The third kappa shape index (κ3) is 4.43. The van der Waals surface area contributed by atoms with Gasteiger partial charge in [-0.1, -0.05) is 18.2 Å². The standard InChI is InChI=1S/C21H21N3O5/c1-13(2)24-19(26)16-9-8-14(12-17(16)20(24)27)18(25)22-10-11-23-21(28)29-15-6-4-3-5-7-15/h3-9,12-13H,10-11H2,1-2H3,(H,22,25)(H,23,28). The van der Waals surface area contributed by atoms with Crippen molar-refractivity contribution in [2.75, 3.05) is 13.1 Å². The van der Waals surface area contributed by atoms with Crippen molar-refractivity contribution in [3.8, 4) is 5.75 Å². The summed E-state index contributed by atoms with van der Waals surface area (Å²) in [6.07, 6.45) is -0.624. The molecule has 1 aliphatic rings. The minimum atomic E-state index is -0.624. The number of imide groups is 1. The van der Waals surface area contributed by atoms with Crippen LogP contribution in [0.4, 0.5) is 4.79 Å². The Morgan fingerprint density at radius 3 is 2.28 bits per heavy atom. The zero-order chi connectivity index (χ0) is 21.0. The summed E-state index contributed by atoms with van der Waals surface area (Å²) in [6.45, 7) is 3.85. The number of carbonyl (C=O) groups excluding carboxylic acids is 4. The molecule has 2 aromatic rings. The molecule has 0 fully saturated rings. The Balaban J connectivity index is 1.51. The quantitative estimate of drug-likeness (QED) is 0.576. The molecule has 0 saturated heterocycles. The molecule has 0 atom stereocenters. The fraction of sp³-hybridized carbons (Fsp3) is 0.238. The van der Waals surface area contributed by atoms with Crippen molar-refractivity contribution in [2.45, 2.75) is 19.9 Å². The van der Waals surface area contributed by atoms with Crippen LogP contribution >= 0.6 is 0 Å². The van der Waals surface area contributed by atoms with Crippen LogP contribution < -0.4 is 15.4 Å². The van der Waals surface area contributed by atoms with Crippen molar-refractivity contribution >= 4 is 23.8 Å². The number of carbonyl (C=O) groups is 4. The minimum absolute atomic E-state index is 0.168. The molecule has 150 valence electrons. The van der Waals surface area contributed by atoms with Gasteiger partial charge in [-0.05, 0) is 44.2 Å². The highest BCUT2D eigenvalue weighted by molar-refractivity contribution is 6.22. The predicted molar refractivity (Wildman–Crippen MR) is 105 cm³/mol. The Morgan fingerprint density at radius 2 is 1.59 bits per heavy atom. The first-order valence-corrected chi connectivity index (χ1v) is 9.19. The lowest BCUT2D eigenvalue weighted by atomic mass is 10.1. The molecular weight excluding hydrogens is 374 g/mol. The van der Waals surface area contributed by atoms with Gasteiger partial charge in [-0.2, -0.15) is 0 Å². The SMILES string of the molecule is CC(C)N1C(=O)c2ccc(C(=O)NCCNC(=O)Oc3ccccc3)cc2C1=O. The van der Waals surface area contributed by atoms with E-state index in [-0.39, 0.29) is 36.2 Å². The number of hydrogen-bond donors (Lipinski definition) is 2. The number of benzene rings is 2. The normalized spacial score (nSPS) is 12.7. The van der Waals surface area contributed by atoms with E-state index in [1.165, 1.54) is 23.1 Å². The van der Waals surface area contributed by atoms with Crippen molar-refractivity contribution in [3.63, 3.8) is 0 Å². The van der Waals surface area contributed by atoms with E-state index in [4.69, 9.17) is 4.74 Å². The fourth-order valence-electron chi connectivity index (χ4n) is 2.94. The first-order chi connectivity index (χ1) is 13.9. The van der Waals surface area contributed by atoms with E-state index >= 15 is 0 Å². The van der Waals surface area contributed by atoms with Crippen LogP contribution in [-0.4, -0.2) is 47.8 Å². The molecule has 8 heteroatoms. The molecule has 8 nitrogen and oxygen atoms in total. The summed E-state index contributed by atoms with van der Waals surface area (Å²) in [5, 5.41) is 5.18. The van der Waals surface area contributed by atoms with Gasteiger partial charge in [0.2, 0.25) is 0 Å². The number of rotatable bonds is 6. The topological polar surface area (TPSA) is 105 Å². The molecule has 3 rings (SSSR count). The average Bonchev–Trinajstić information content (AvgIpc) is 2.96. The lowest BCUT2D eigenvalue weighted by Gasteiger charge is -2.17. The van der Waals surface area contributed by atoms with Crippen LogP contribution in [0.2, 0.25) is 0 Å². The van der Waals surface area contributed by atoms with Crippen molar-refractivity contribution in [1.82, 2.24) is 15.5 Å². The summed E-state index contributed by atoms with van der Waals surface area (Å²) in [6, 6.07) is 12.8. The Kier molecular flexibility index (Phi) is 5.92. The van der Waals surface area contributed by atoms with Gasteiger partial charge in [-0.25, -0.2) is 4.79 Å². The zero-order valence-corrected chi connectivity index (χ0v) is 16.1. The van der Waals surface area contributed by atoms with E-state index in [9.17, 15) is 19.2 Å². The van der Waals surface area contributed by atoms with Crippen molar-refractivity contribution in [1.29, 1.82) is 0 Å². The molecule has 4 amide bonds. The third-order valence-corrected chi connectivity index (χ3v) is 4.33. The second-order valence-corrected chi connectivity index (χ2v) is 6.72. The van der Waals surface area contributed by atoms with Gasteiger partial charge in [0, 0.05) is 24.7 Å². The first kappa shape index (κ1) is 20.1. The highest BCUT2D eigenvalue weighted by Crippen LogP contribution is 2.25. The molecule has 0 aliphatic carbocycles. The van der Waals surface area contributed by atoms with Crippen molar-refractivity contribution < 1.29 is 23.9 Å². The predicted octanol–water partition coefficient (Wildman–Crippen LogP) is 2.21. The molecule has 2 N–H and O–H groups in total. The Labute approximate surface area is 167 Å². The minimum Gasteiger partial charge on any atom is -0.410 e. The van der Waals surface area contributed by atoms with Gasteiger partial charge in [-0.3, -0.25) is 19.3 Å². The highest BCUT2D eigenvalue weighted by Gasteiger charge is 2.37. The second kappa shape index (κ2) is 8.55. The summed E-state index contributed by atoms with van der Waals surface area (Å²) in [4.78, 5) is 49.9. The molecule has 2 aromatic carbocycles. The number of amides is 4. The summed E-state index contributed by atoms with van der Waals surface area (Å²) < 4.78 is 5.07. The van der Waals surface area contributed by atoms with Crippen LogP contribution in [-0.2, 0) is 0 Å². The third-order valence-electron chi connectivity index (χ3n) is 4.33. The summed E-state index contributed by atoms with van der Waals surface area (Å²) in [5.74, 6) is -0.746. The molecular formula is C21H21N3O5. The average molecular weight is 395 g/mol. The maximum absolute atomic E-state index is 12.4. The molecule has 29 heavy (non-hydrogen) atoms. The number of nitrogens with zero attached hydrogens (tertiary/aromatic N) is 1. The molecule has 1 aliphatic heterocycles. The van der Waals surface area contributed by atoms with Crippen molar-refractivity contribution in [2.24, 2.45) is 0 Å². The first-order valence-electron chi connectivity index (χ1n) is 9.19. The summed E-state index contributed by atoms with van der Waals surface area (Å²) in [7, 11) is 0. The lowest BCUT2D eigenvalue weighted by molar-refractivity contribution is 0.0608. The second-order valence-electron chi connectivity index (χ2n) is 6.72. The molecule has 0 aromatic heterocycles. The summed E-state index contributed by atoms with van der Waals surface area (Å²) >= 11 is 0. The Hall–Kier alpha value is -3.68. The van der Waals surface area contributed by atoms with E-state index in [0.29, 0.717) is 11.3 Å². The van der Waals surface area contributed by atoms with Crippen LogP contribution in [0, 0.1) is 0 Å². The van der Waals surface area contributed by atoms with E-state index in [1.807, 2.05) is 6.07 Å².